The number of carbonyl (C=O) groups is 1. The third-order valence-electron chi connectivity index (χ3n) is 4.14. The lowest BCUT2D eigenvalue weighted by Gasteiger charge is -2.13. The fourth-order valence-electron chi connectivity index (χ4n) is 2.95. The minimum atomic E-state index is -0.210. The van der Waals surface area contributed by atoms with Gasteiger partial charge in [0.2, 0.25) is 0 Å². The van der Waals surface area contributed by atoms with Gasteiger partial charge in [-0.2, -0.15) is 10.2 Å². The number of anilines is 1. The molecule has 0 saturated heterocycles. The molecule has 0 saturated carbocycles. The standard InChI is InChI=1S/C23H23N3O2/c1-16-13-17(2)23(18(3)14-16)28-15-22(27)24-19-9-11-21(12-10-19)26-25-20-7-5-4-6-8-20/h4-14H,15H2,1-3H3,(H,24,27). The zero-order valence-corrected chi connectivity index (χ0v) is 16.3. The van der Waals surface area contributed by atoms with Gasteiger partial charge in [-0.25, -0.2) is 0 Å². The Morgan fingerprint density at radius 1 is 0.857 bits per heavy atom. The summed E-state index contributed by atoms with van der Waals surface area (Å²) in [6, 6.07) is 20.8. The van der Waals surface area contributed by atoms with E-state index >= 15 is 0 Å². The van der Waals surface area contributed by atoms with E-state index in [-0.39, 0.29) is 12.5 Å². The number of hydrogen-bond acceptors (Lipinski definition) is 4. The Morgan fingerprint density at radius 2 is 1.43 bits per heavy atom. The highest BCUT2D eigenvalue weighted by Gasteiger charge is 2.08. The summed E-state index contributed by atoms with van der Waals surface area (Å²) in [6.07, 6.45) is 0. The van der Waals surface area contributed by atoms with Crippen LogP contribution in [0.15, 0.2) is 77.0 Å². The molecule has 0 aromatic heterocycles. The van der Waals surface area contributed by atoms with Crippen LogP contribution in [-0.4, -0.2) is 12.5 Å². The van der Waals surface area contributed by atoms with E-state index in [4.69, 9.17) is 4.74 Å². The van der Waals surface area contributed by atoms with Gasteiger partial charge in [-0.05, 0) is 68.3 Å². The van der Waals surface area contributed by atoms with Gasteiger partial charge in [-0.15, -0.1) is 0 Å². The molecule has 0 aliphatic rings. The van der Waals surface area contributed by atoms with Gasteiger partial charge in [0.1, 0.15) is 5.75 Å². The Hall–Kier alpha value is -3.47. The lowest BCUT2D eigenvalue weighted by atomic mass is 10.1. The van der Waals surface area contributed by atoms with Crippen LogP contribution in [0.4, 0.5) is 17.1 Å². The van der Waals surface area contributed by atoms with Crippen LogP contribution in [0.5, 0.6) is 5.75 Å². The summed E-state index contributed by atoms with van der Waals surface area (Å²) in [5, 5.41) is 11.2. The van der Waals surface area contributed by atoms with Crippen LogP contribution in [0.2, 0.25) is 0 Å². The quantitative estimate of drug-likeness (QED) is 0.535. The van der Waals surface area contributed by atoms with Crippen molar-refractivity contribution in [2.24, 2.45) is 10.2 Å². The topological polar surface area (TPSA) is 63.0 Å². The molecule has 0 heterocycles. The Kier molecular flexibility index (Phi) is 6.17. The molecule has 5 nitrogen and oxygen atoms in total. The molecule has 0 bridgehead atoms. The fraction of sp³-hybridized carbons (Fsp3) is 0.174. The number of carbonyl (C=O) groups excluding carboxylic acids is 1. The van der Waals surface area contributed by atoms with E-state index in [1.807, 2.05) is 63.2 Å². The summed E-state index contributed by atoms with van der Waals surface area (Å²) >= 11 is 0. The second kappa shape index (κ2) is 8.95. The molecule has 5 heteroatoms. The van der Waals surface area contributed by atoms with Crippen LogP contribution < -0.4 is 10.1 Å². The van der Waals surface area contributed by atoms with Gasteiger partial charge >= 0.3 is 0 Å². The van der Waals surface area contributed by atoms with Crippen molar-refractivity contribution in [1.29, 1.82) is 0 Å². The van der Waals surface area contributed by atoms with E-state index in [9.17, 15) is 4.79 Å². The van der Waals surface area contributed by atoms with Crippen LogP contribution in [-0.2, 0) is 4.79 Å². The SMILES string of the molecule is Cc1cc(C)c(OCC(=O)Nc2ccc(N=Nc3ccccc3)cc2)c(C)c1. The van der Waals surface area contributed by atoms with Crippen molar-refractivity contribution in [3.05, 3.63) is 83.4 Å². The molecule has 0 aliphatic carbocycles. The Labute approximate surface area is 165 Å². The highest BCUT2D eigenvalue weighted by Crippen LogP contribution is 2.24. The first kappa shape index (κ1) is 19.3. The molecule has 28 heavy (non-hydrogen) atoms. The van der Waals surface area contributed by atoms with E-state index in [2.05, 4.69) is 15.5 Å². The van der Waals surface area contributed by atoms with Crippen molar-refractivity contribution in [2.75, 3.05) is 11.9 Å². The van der Waals surface area contributed by atoms with Crippen molar-refractivity contribution in [3.8, 4) is 5.75 Å². The molecule has 0 radical (unpaired) electrons. The third-order valence-corrected chi connectivity index (χ3v) is 4.14. The summed E-state index contributed by atoms with van der Waals surface area (Å²) in [7, 11) is 0. The van der Waals surface area contributed by atoms with Crippen molar-refractivity contribution in [2.45, 2.75) is 20.8 Å². The second-order valence-corrected chi connectivity index (χ2v) is 6.65. The molecule has 0 atom stereocenters. The van der Waals surface area contributed by atoms with Gasteiger partial charge < -0.3 is 10.1 Å². The fourth-order valence-corrected chi connectivity index (χ4v) is 2.95. The van der Waals surface area contributed by atoms with Gasteiger partial charge in [0.25, 0.3) is 5.91 Å². The molecule has 142 valence electrons. The number of hydrogen-bond donors (Lipinski definition) is 1. The number of benzene rings is 3. The predicted octanol–water partition coefficient (Wildman–Crippen LogP) is 6.04. The van der Waals surface area contributed by atoms with Crippen molar-refractivity contribution >= 4 is 23.0 Å². The lowest BCUT2D eigenvalue weighted by molar-refractivity contribution is -0.118. The largest absolute Gasteiger partial charge is 0.483 e. The number of amides is 1. The van der Waals surface area contributed by atoms with Crippen LogP contribution in [0.25, 0.3) is 0 Å². The van der Waals surface area contributed by atoms with E-state index in [0.29, 0.717) is 11.4 Å². The highest BCUT2D eigenvalue weighted by atomic mass is 16.5. The van der Waals surface area contributed by atoms with E-state index in [0.717, 1.165) is 22.6 Å². The van der Waals surface area contributed by atoms with Crippen LogP contribution >= 0.6 is 0 Å². The van der Waals surface area contributed by atoms with Crippen molar-refractivity contribution < 1.29 is 9.53 Å². The summed E-state index contributed by atoms with van der Waals surface area (Å²) in [5.74, 6) is 0.551. The highest BCUT2D eigenvalue weighted by molar-refractivity contribution is 5.92. The lowest BCUT2D eigenvalue weighted by Crippen LogP contribution is -2.20. The Balaban J connectivity index is 1.55. The zero-order chi connectivity index (χ0) is 19.9. The Morgan fingerprint density at radius 3 is 2.04 bits per heavy atom. The molecule has 0 spiro atoms. The summed E-state index contributed by atoms with van der Waals surface area (Å²) in [4.78, 5) is 12.2. The minimum absolute atomic E-state index is 0.0415. The molecule has 0 aliphatic heterocycles. The molecular formula is C23H23N3O2. The van der Waals surface area contributed by atoms with Crippen LogP contribution in [0.3, 0.4) is 0 Å². The molecule has 0 unspecified atom stereocenters. The Bertz CT molecular complexity index is 957. The van der Waals surface area contributed by atoms with Gasteiger partial charge in [-0.1, -0.05) is 35.9 Å². The molecule has 3 rings (SSSR count). The van der Waals surface area contributed by atoms with Crippen LogP contribution in [0, 0.1) is 20.8 Å². The van der Waals surface area contributed by atoms with Crippen LogP contribution in [0.1, 0.15) is 16.7 Å². The van der Waals surface area contributed by atoms with Crippen molar-refractivity contribution in [3.63, 3.8) is 0 Å². The maximum atomic E-state index is 12.2. The average molecular weight is 373 g/mol. The zero-order valence-electron chi connectivity index (χ0n) is 16.3. The smallest absolute Gasteiger partial charge is 0.262 e. The first-order chi connectivity index (χ1) is 13.5. The maximum absolute atomic E-state index is 12.2. The molecule has 1 amide bonds. The van der Waals surface area contributed by atoms with E-state index in [1.165, 1.54) is 5.56 Å². The number of nitrogens with zero attached hydrogens (tertiary/aromatic N) is 2. The average Bonchev–Trinajstić information content (AvgIpc) is 2.67. The summed E-state index contributed by atoms with van der Waals surface area (Å²) < 4.78 is 5.72. The molecule has 0 fully saturated rings. The maximum Gasteiger partial charge on any atom is 0.262 e. The van der Waals surface area contributed by atoms with Crippen molar-refractivity contribution in [1.82, 2.24) is 0 Å². The van der Waals surface area contributed by atoms with Gasteiger partial charge in [-0.3, -0.25) is 4.79 Å². The first-order valence-electron chi connectivity index (χ1n) is 9.08. The molecule has 3 aromatic carbocycles. The molecular weight excluding hydrogens is 350 g/mol. The number of rotatable bonds is 6. The first-order valence-corrected chi connectivity index (χ1v) is 9.08. The normalized spacial score (nSPS) is 10.8. The number of nitrogens with one attached hydrogen (secondary N) is 1. The van der Waals surface area contributed by atoms with E-state index < -0.39 is 0 Å². The molecule has 1 N–H and O–H groups in total. The third kappa shape index (κ3) is 5.27. The minimum Gasteiger partial charge on any atom is -0.483 e. The van der Waals surface area contributed by atoms with Gasteiger partial charge in [0.15, 0.2) is 6.61 Å². The molecule has 3 aromatic rings. The number of aryl methyl sites for hydroxylation is 3. The van der Waals surface area contributed by atoms with Gasteiger partial charge in [0.05, 0.1) is 11.4 Å². The van der Waals surface area contributed by atoms with E-state index in [1.54, 1.807) is 24.3 Å². The van der Waals surface area contributed by atoms with Gasteiger partial charge in [0, 0.05) is 5.69 Å². The monoisotopic (exact) mass is 373 g/mol. The predicted molar refractivity (Wildman–Crippen MR) is 112 cm³/mol. The summed E-state index contributed by atoms with van der Waals surface area (Å²) in [6.45, 7) is 5.96. The summed E-state index contributed by atoms with van der Waals surface area (Å²) in [5.41, 5.74) is 5.42. The second-order valence-electron chi connectivity index (χ2n) is 6.65. The number of azo groups is 1. The number of ether oxygens (including phenoxy) is 1.